The van der Waals surface area contributed by atoms with Crippen molar-refractivity contribution in [2.24, 2.45) is 11.8 Å². The zero-order valence-electron chi connectivity index (χ0n) is 48.2. The summed E-state index contributed by atoms with van der Waals surface area (Å²) in [6, 6.07) is -2.17. The summed E-state index contributed by atoms with van der Waals surface area (Å²) in [7, 11) is 2.28. The highest BCUT2D eigenvalue weighted by Gasteiger charge is 2.47. The topological polar surface area (TPSA) is 284 Å². The van der Waals surface area contributed by atoms with Crippen LogP contribution in [0.2, 0.25) is 0 Å². The summed E-state index contributed by atoms with van der Waals surface area (Å²) >= 11 is 0. The predicted molar refractivity (Wildman–Crippen MR) is 278 cm³/mol. The normalized spacial score (nSPS) is 19.3. The van der Waals surface area contributed by atoms with Crippen LogP contribution in [0, 0.1) is 40.9 Å². The number of hydrogen-bond donors (Lipinski definition) is 3. The fourth-order valence-corrected chi connectivity index (χ4v) is 8.44. The summed E-state index contributed by atoms with van der Waals surface area (Å²) in [6.07, 6.45) is -1.68. The number of methoxy groups -OCH3 is 2. The minimum absolute atomic E-state index is 0.00787. The predicted octanol–water partition coefficient (Wildman–Crippen LogP) is 4.98. The fraction of sp³-hybridized carbons (Fsp3) is 0.636. The van der Waals surface area contributed by atoms with Crippen molar-refractivity contribution < 1.29 is 108 Å². The smallest absolute Gasteiger partial charge is 0.303 e. The highest BCUT2D eigenvalue weighted by Crippen LogP contribution is 2.28. The first-order valence-corrected chi connectivity index (χ1v) is 26.7. The molecule has 1 aromatic rings. The molecule has 82 heavy (non-hydrogen) atoms. The van der Waals surface area contributed by atoms with Crippen LogP contribution in [0.5, 0.6) is 0 Å². The lowest BCUT2D eigenvalue weighted by molar-refractivity contribution is -0.192. The molecule has 2 fully saturated rings. The molecule has 0 saturated carbocycles. The Morgan fingerprint density at radius 3 is 1.29 bits per heavy atom. The van der Waals surface area contributed by atoms with Crippen LogP contribution in [-0.2, 0) is 92.4 Å². The average Bonchev–Trinajstić information content (AvgIpc) is 3.76. The molecule has 0 aromatic heterocycles. The number of amides is 4. The second-order valence-electron chi connectivity index (χ2n) is 19.5. The van der Waals surface area contributed by atoms with E-state index in [-0.39, 0.29) is 37.1 Å². The van der Waals surface area contributed by atoms with E-state index in [1.54, 1.807) is 12.2 Å². The highest BCUT2D eigenvalue weighted by atomic mass is 19.2. The number of carbonyl (C=O) groups excluding carboxylic acids is 10. The first-order valence-electron chi connectivity index (χ1n) is 26.7. The number of esters is 6. The third kappa shape index (κ3) is 22.4. The molecule has 2 unspecified atom stereocenters. The van der Waals surface area contributed by atoms with Gasteiger partial charge in [0, 0.05) is 74.4 Å². The summed E-state index contributed by atoms with van der Waals surface area (Å²) < 4.78 is 113. The van der Waals surface area contributed by atoms with Gasteiger partial charge >= 0.3 is 35.8 Å². The number of carbonyl (C=O) groups is 10. The molecule has 3 rings (SSSR count). The summed E-state index contributed by atoms with van der Waals surface area (Å²) in [5, 5.41) is 7.78. The van der Waals surface area contributed by atoms with Crippen molar-refractivity contribution in [3.05, 3.63) is 59.0 Å². The van der Waals surface area contributed by atoms with E-state index < -0.39 is 156 Å². The quantitative estimate of drug-likeness (QED) is 0.0275. The van der Waals surface area contributed by atoms with Gasteiger partial charge in [0.05, 0.1) is 6.54 Å². The van der Waals surface area contributed by atoms with Crippen LogP contribution in [0.15, 0.2) is 24.3 Å². The molecule has 1 aromatic carbocycles. The van der Waals surface area contributed by atoms with Crippen molar-refractivity contribution in [3.8, 4) is 0 Å². The Hall–Kier alpha value is -7.03. The largest absolute Gasteiger partial charge is 0.455 e. The molecule has 3 N–H and O–H groups in total. The molecule has 4 amide bonds. The fourth-order valence-electron chi connectivity index (χ4n) is 8.44. The van der Waals surface area contributed by atoms with Crippen molar-refractivity contribution in [2.75, 3.05) is 27.3 Å². The van der Waals surface area contributed by atoms with Crippen LogP contribution in [0.3, 0.4) is 0 Å². The Kier molecular flexibility index (Phi) is 30.4. The molecular weight excluding hydrogens is 1100 g/mol. The second kappa shape index (κ2) is 35.1. The number of benzene rings is 1. The molecule has 0 spiro atoms. The number of ether oxygens (including phenoxy) is 8. The van der Waals surface area contributed by atoms with Gasteiger partial charge in [-0.25, -0.2) is 22.0 Å². The highest BCUT2D eigenvalue weighted by molar-refractivity contribution is 5.91. The van der Waals surface area contributed by atoms with Crippen LogP contribution in [0.4, 0.5) is 22.0 Å². The molecular formula is C55H77F5N4O18. The lowest BCUT2D eigenvalue weighted by Gasteiger charge is -2.34. The van der Waals surface area contributed by atoms with E-state index in [1.807, 2.05) is 27.7 Å². The summed E-state index contributed by atoms with van der Waals surface area (Å²) in [5.74, 6) is -18.6. The number of rotatable bonds is 26. The van der Waals surface area contributed by atoms with Crippen LogP contribution in [0.1, 0.15) is 126 Å². The first-order chi connectivity index (χ1) is 38.5. The molecule has 460 valence electrons. The van der Waals surface area contributed by atoms with E-state index in [0.29, 0.717) is 25.8 Å². The summed E-state index contributed by atoms with van der Waals surface area (Å²) in [4.78, 5) is 126. The van der Waals surface area contributed by atoms with Gasteiger partial charge in [-0.3, -0.25) is 47.9 Å². The summed E-state index contributed by atoms with van der Waals surface area (Å²) in [5.41, 5.74) is -1.22. The molecule has 2 heterocycles. The van der Waals surface area contributed by atoms with Crippen molar-refractivity contribution in [2.45, 2.75) is 188 Å². The maximum atomic E-state index is 14.4. The third-order valence-corrected chi connectivity index (χ3v) is 12.9. The Labute approximate surface area is 473 Å². The van der Waals surface area contributed by atoms with E-state index in [9.17, 15) is 69.9 Å². The molecule has 27 heteroatoms. The first kappa shape index (κ1) is 71.1. The van der Waals surface area contributed by atoms with E-state index >= 15 is 0 Å². The molecule has 0 bridgehead atoms. The lowest BCUT2D eigenvalue weighted by atomic mass is 9.98. The van der Waals surface area contributed by atoms with Gasteiger partial charge in [0.2, 0.25) is 17.6 Å². The van der Waals surface area contributed by atoms with E-state index in [2.05, 4.69) is 16.0 Å². The van der Waals surface area contributed by atoms with Crippen molar-refractivity contribution >= 4 is 59.4 Å². The van der Waals surface area contributed by atoms with Gasteiger partial charge in [0.25, 0.3) is 11.8 Å². The van der Waals surface area contributed by atoms with Crippen LogP contribution >= 0.6 is 0 Å². The monoisotopic (exact) mass is 1180 g/mol. The maximum Gasteiger partial charge on any atom is 0.303 e. The average molecular weight is 1180 g/mol. The van der Waals surface area contributed by atoms with Crippen molar-refractivity contribution in [1.29, 1.82) is 0 Å². The van der Waals surface area contributed by atoms with Crippen LogP contribution in [-0.4, -0.2) is 153 Å². The number of likely N-dealkylation sites (tertiary alicyclic amines) is 1. The minimum atomic E-state index is -2.35. The molecule has 2 saturated heterocycles. The van der Waals surface area contributed by atoms with E-state index in [1.165, 1.54) is 26.2 Å². The SMILES string of the molecule is CCC(C)/C=C/[C@@H](OC(C)=O)[C@H](OC(C)=O)[C@@H](OC(C)=O)[C@@H](OC)C(=O)N[C@H]1CCCCN(Cc2c(F)c(F)c(F)c(F)c2F)C1=O.CCC(C)/C=C/[C@@H](OC(C)=O)[C@H](OC(C)=O)[C@@H](OC(C)=O)[C@@H](OC)C(=O)N[C@H]1CCCCNC1=O. The third-order valence-electron chi connectivity index (χ3n) is 12.9. The molecule has 0 radical (unpaired) electrons. The Bertz CT molecular complexity index is 2430. The lowest BCUT2D eigenvalue weighted by Crippen LogP contribution is -2.58. The van der Waals surface area contributed by atoms with Gasteiger partial charge < -0.3 is 58.7 Å². The van der Waals surface area contributed by atoms with Crippen LogP contribution in [0.25, 0.3) is 0 Å². The standard InChI is InChI=1S/C31H39F5N2O9.C24H38N2O9/c1-7-15(2)11-12-21(45-16(3)39)27(46-17(4)40)28(47-18(5)41)29(44-6)30(42)37-20-10-8-9-13-38(31(20)43)14-19-22(32)24(34)26(36)25(35)23(19)33;1-7-14(2)11-12-19(33-15(3)27)20(34-16(4)28)21(35-17(5)29)22(32-6)24(31)26-18-10-8-9-13-25-23(18)30/h11-12,15,20-21,27-29H,7-10,13-14H2,1-6H3,(H,37,42);11-12,14,18-22H,7-10,13H2,1-6H3,(H,25,30)(H,26,31)/b2*12-11+/t15?,20-,21+,27-,28+,29+;14?,18-,19+,20-,21+,22+/m00/s1. The molecule has 12 atom stereocenters. The number of allylic oxidation sites excluding steroid dienone is 2. The number of nitrogens with one attached hydrogen (secondary N) is 3. The van der Waals surface area contributed by atoms with Gasteiger partial charge in [-0.05, 0) is 62.5 Å². The molecule has 0 aliphatic carbocycles. The van der Waals surface area contributed by atoms with Gasteiger partial charge in [-0.2, -0.15) is 0 Å². The molecule has 22 nitrogen and oxygen atoms in total. The zero-order chi connectivity index (χ0) is 62.1. The number of nitrogens with zero attached hydrogens (tertiary/aromatic N) is 1. The number of halogens is 5. The van der Waals surface area contributed by atoms with E-state index in [0.717, 1.165) is 65.9 Å². The van der Waals surface area contributed by atoms with Crippen molar-refractivity contribution in [1.82, 2.24) is 20.9 Å². The van der Waals surface area contributed by atoms with E-state index in [4.69, 9.17) is 37.9 Å². The number of hydrogen-bond acceptors (Lipinski definition) is 18. The Morgan fingerprint density at radius 2 is 0.902 bits per heavy atom. The van der Waals surface area contributed by atoms with Crippen molar-refractivity contribution in [3.63, 3.8) is 0 Å². The van der Waals surface area contributed by atoms with Gasteiger partial charge in [0.1, 0.15) is 12.1 Å². The van der Waals surface area contributed by atoms with Crippen LogP contribution < -0.4 is 16.0 Å². The second-order valence-corrected chi connectivity index (χ2v) is 19.5. The van der Waals surface area contributed by atoms with Gasteiger partial charge in [-0.1, -0.05) is 52.7 Å². The van der Waals surface area contributed by atoms with Gasteiger partial charge in [0.15, 0.2) is 72.1 Å². The molecule has 2 aliphatic heterocycles. The summed E-state index contributed by atoms with van der Waals surface area (Å²) in [6.45, 7) is 13.6. The van der Waals surface area contributed by atoms with Gasteiger partial charge in [-0.15, -0.1) is 0 Å². The Morgan fingerprint density at radius 1 is 0.537 bits per heavy atom. The Balaban J connectivity index is 0.000000585. The maximum absolute atomic E-state index is 14.4. The minimum Gasteiger partial charge on any atom is -0.455 e. The zero-order valence-corrected chi connectivity index (χ0v) is 48.2. The molecule has 2 aliphatic rings.